The van der Waals surface area contributed by atoms with Gasteiger partial charge in [0, 0.05) is 12.1 Å². The maximum absolute atomic E-state index is 13.4. The first-order chi connectivity index (χ1) is 13.8. The van der Waals surface area contributed by atoms with E-state index in [4.69, 9.17) is 5.21 Å². The first kappa shape index (κ1) is 19.4. The topological polar surface area (TPSA) is 69.6 Å². The van der Waals surface area contributed by atoms with E-state index in [0.29, 0.717) is 24.8 Å². The quantitative estimate of drug-likeness (QED) is 0.592. The summed E-state index contributed by atoms with van der Waals surface area (Å²) in [6, 6.07) is 10.2. The predicted octanol–water partition coefficient (Wildman–Crippen LogP) is 3.74. The molecule has 1 atom stereocenters. The highest BCUT2D eigenvalue weighted by Gasteiger charge is 2.50. The zero-order chi connectivity index (χ0) is 20.8. The van der Waals surface area contributed by atoms with Gasteiger partial charge in [-0.2, -0.15) is 13.2 Å². The van der Waals surface area contributed by atoms with Gasteiger partial charge < -0.3 is 4.90 Å². The molecule has 2 amide bonds. The molecule has 0 radical (unpaired) electrons. The molecule has 4 rings (SSSR count). The summed E-state index contributed by atoms with van der Waals surface area (Å²) < 4.78 is 40.3. The van der Waals surface area contributed by atoms with Gasteiger partial charge in [0.15, 0.2) is 0 Å². The Morgan fingerprint density at radius 1 is 1.10 bits per heavy atom. The van der Waals surface area contributed by atoms with E-state index in [-0.39, 0.29) is 30.1 Å². The second-order valence-corrected chi connectivity index (χ2v) is 7.56. The maximum atomic E-state index is 13.4. The van der Waals surface area contributed by atoms with Crippen molar-refractivity contribution in [2.45, 2.75) is 31.9 Å². The van der Waals surface area contributed by atoms with Gasteiger partial charge in [0.2, 0.25) is 5.91 Å². The van der Waals surface area contributed by atoms with E-state index in [9.17, 15) is 22.8 Å². The highest BCUT2D eigenvalue weighted by molar-refractivity contribution is 6.01. The minimum Gasteiger partial charge on any atom is -0.311 e. The minimum absolute atomic E-state index is 0.131. The van der Waals surface area contributed by atoms with E-state index in [1.54, 1.807) is 17.6 Å². The summed E-state index contributed by atoms with van der Waals surface area (Å²) in [4.78, 5) is 26.6. The standard InChI is InChI=1S/C21H19F3N2O3/c22-21(23,24)16-6-1-2-7-17(16)26-11-10-20(19(26)28)9-8-13-4-3-5-14(15(13)12-20)18(27)25-29/h1-7,29H,8-12H2,(H,25,27). The van der Waals surface area contributed by atoms with Crippen molar-refractivity contribution < 1.29 is 28.0 Å². The molecule has 2 aromatic rings. The number of aryl methyl sites for hydroxylation is 1. The number of benzene rings is 2. The molecule has 1 spiro atoms. The van der Waals surface area contributed by atoms with Crippen molar-refractivity contribution in [3.05, 3.63) is 64.7 Å². The van der Waals surface area contributed by atoms with Gasteiger partial charge in [-0.1, -0.05) is 24.3 Å². The van der Waals surface area contributed by atoms with E-state index in [1.165, 1.54) is 23.1 Å². The Morgan fingerprint density at radius 3 is 2.59 bits per heavy atom. The molecular formula is C21H19F3N2O3. The van der Waals surface area contributed by atoms with Crippen LogP contribution in [0.4, 0.5) is 18.9 Å². The summed E-state index contributed by atoms with van der Waals surface area (Å²) in [6.07, 6.45) is -2.84. The van der Waals surface area contributed by atoms with E-state index >= 15 is 0 Å². The molecule has 29 heavy (non-hydrogen) atoms. The average molecular weight is 404 g/mol. The van der Waals surface area contributed by atoms with Gasteiger partial charge in [0.05, 0.1) is 16.7 Å². The van der Waals surface area contributed by atoms with Crippen LogP contribution in [0, 0.1) is 5.41 Å². The lowest BCUT2D eigenvalue weighted by Crippen LogP contribution is -2.40. The van der Waals surface area contributed by atoms with Gasteiger partial charge in [-0.3, -0.25) is 14.8 Å². The molecule has 2 N–H and O–H groups in total. The lowest BCUT2D eigenvalue weighted by atomic mass is 9.69. The molecular weight excluding hydrogens is 385 g/mol. The summed E-state index contributed by atoms with van der Waals surface area (Å²) >= 11 is 0. The van der Waals surface area contributed by atoms with Crippen molar-refractivity contribution in [1.82, 2.24) is 5.48 Å². The van der Waals surface area contributed by atoms with Crippen LogP contribution in [0.25, 0.3) is 0 Å². The van der Waals surface area contributed by atoms with Crippen LogP contribution in [0.5, 0.6) is 0 Å². The number of fused-ring (bicyclic) bond motifs is 1. The molecule has 1 saturated heterocycles. The third-order valence-corrected chi connectivity index (χ3v) is 6.02. The van der Waals surface area contributed by atoms with Gasteiger partial charge in [-0.15, -0.1) is 0 Å². The lowest BCUT2D eigenvalue weighted by Gasteiger charge is -2.34. The second-order valence-electron chi connectivity index (χ2n) is 7.56. The molecule has 1 aliphatic carbocycles. The van der Waals surface area contributed by atoms with Crippen molar-refractivity contribution >= 4 is 17.5 Å². The number of amides is 2. The highest BCUT2D eigenvalue weighted by atomic mass is 19.4. The number of alkyl halides is 3. The van der Waals surface area contributed by atoms with E-state index in [0.717, 1.165) is 11.6 Å². The fourth-order valence-electron chi connectivity index (χ4n) is 4.55. The molecule has 8 heteroatoms. The van der Waals surface area contributed by atoms with Crippen molar-refractivity contribution in [2.75, 3.05) is 11.4 Å². The number of hydrogen-bond acceptors (Lipinski definition) is 3. The number of nitrogens with zero attached hydrogens (tertiary/aromatic N) is 1. The first-order valence-corrected chi connectivity index (χ1v) is 9.30. The summed E-state index contributed by atoms with van der Waals surface area (Å²) in [7, 11) is 0. The van der Waals surface area contributed by atoms with Gasteiger partial charge in [-0.25, -0.2) is 5.48 Å². The minimum atomic E-state index is -4.56. The molecule has 152 valence electrons. The lowest BCUT2D eigenvalue weighted by molar-refractivity contribution is -0.137. The summed E-state index contributed by atoms with van der Waals surface area (Å²) in [5.74, 6) is -1.01. The Morgan fingerprint density at radius 2 is 1.86 bits per heavy atom. The van der Waals surface area contributed by atoms with Gasteiger partial charge in [0.25, 0.3) is 5.91 Å². The van der Waals surface area contributed by atoms with Gasteiger partial charge in [0.1, 0.15) is 0 Å². The Hall–Kier alpha value is -2.87. The molecule has 0 aromatic heterocycles. The average Bonchev–Trinajstić information content (AvgIpc) is 3.02. The smallest absolute Gasteiger partial charge is 0.311 e. The van der Waals surface area contributed by atoms with Crippen LogP contribution in [0.2, 0.25) is 0 Å². The predicted molar refractivity (Wildman–Crippen MR) is 98.6 cm³/mol. The Balaban J connectivity index is 1.70. The molecule has 1 aliphatic heterocycles. The maximum Gasteiger partial charge on any atom is 0.418 e. The molecule has 5 nitrogen and oxygen atoms in total. The molecule has 1 heterocycles. The van der Waals surface area contributed by atoms with Crippen molar-refractivity contribution in [2.24, 2.45) is 5.41 Å². The molecule has 1 fully saturated rings. The summed E-state index contributed by atoms with van der Waals surface area (Å²) in [5, 5.41) is 9.01. The number of rotatable bonds is 2. The van der Waals surface area contributed by atoms with Crippen LogP contribution in [0.15, 0.2) is 42.5 Å². The Bertz CT molecular complexity index is 989. The number of halogens is 3. The number of hydrogen-bond donors (Lipinski definition) is 2. The van der Waals surface area contributed by atoms with Crippen molar-refractivity contribution in [3.63, 3.8) is 0 Å². The fraction of sp³-hybridized carbons (Fsp3) is 0.333. The van der Waals surface area contributed by atoms with Crippen LogP contribution >= 0.6 is 0 Å². The third kappa shape index (κ3) is 3.17. The normalized spacial score (nSPS) is 21.4. The van der Waals surface area contributed by atoms with Crippen LogP contribution in [0.1, 0.15) is 39.9 Å². The summed E-state index contributed by atoms with van der Waals surface area (Å²) in [6.45, 7) is 0.190. The van der Waals surface area contributed by atoms with Gasteiger partial charge in [-0.05, 0) is 55.0 Å². The molecule has 0 bridgehead atoms. The van der Waals surface area contributed by atoms with E-state index < -0.39 is 23.1 Å². The van der Waals surface area contributed by atoms with E-state index in [1.807, 2.05) is 6.07 Å². The molecule has 2 aromatic carbocycles. The van der Waals surface area contributed by atoms with Gasteiger partial charge >= 0.3 is 6.18 Å². The van der Waals surface area contributed by atoms with Crippen molar-refractivity contribution in [1.29, 1.82) is 0 Å². The number of para-hydroxylation sites is 1. The Labute approximate surface area is 165 Å². The molecule has 0 saturated carbocycles. The largest absolute Gasteiger partial charge is 0.418 e. The van der Waals surface area contributed by atoms with Crippen LogP contribution in [-0.4, -0.2) is 23.6 Å². The number of nitrogens with one attached hydrogen (secondary N) is 1. The monoisotopic (exact) mass is 404 g/mol. The second kappa shape index (κ2) is 6.88. The number of anilines is 1. The van der Waals surface area contributed by atoms with Crippen LogP contribution < -0.4 is 10.4 Å². The van der Waals surface area contributed by atoms with Crippen LogP contribution in [0.3, 0.4) is 0 Å². The SMILES string of the molecule is O=C(NO)c1cccc2c1CC1(CC2)CCN(c2ccccc2C(F)(F)F)C1=O. The van der Waals surface area contributed by atoms with E-state index in [2.05, 4.69) is 0 Å². The fourth-order valence-corrected chi connectivity index (χ4v) is 4.55. The molecule has 2 aliphatic rings. The number of hydroxylamine groups is 1. The number of carbonyl (C=O) groups excluding carboxylic acids is 2. The zero-order valence-corrected chi connectivity index (χ0v) is 15.4. The third-order valence-electron chi connectivity index (χ3n) is 6.02. The van der Waals surface area contributed by atoms with Crippen LogP contribution in [-0.2, 0) is 23.8 Å². The number of carbonyl (C=O) groups is 2. The molecule has 1 unspecified atom stereocenters. The Kier molecular flexibility index (Phi) is 4.61. The first-order valence-electron chi connectivity index (χ1n) is 9.30. The highest BCUT2D eigenvalue weighted by Crippen LogP contribution is 2.47. The summed E-state index contributed by atoms with van der Waals surface area (Å²) in [5.41, 5.74) is 1.68. The zero-order valence-electron chi connectivity index (χ0n) is 15.4. The van der Waals surface area contributed by atoms with Crippen molar-refractivity contribution in [3.8, 4) is 0 Å².